The van der Waals surface area contributed by atoms with E-state index in [2.05, 4.69) is 0 Å². The predicted octanol–water partition coefficient (Wildman–Crippen LogP) is 2.77. The minimum absolute atomic E-state index is 0.0464. The van der Waals surface area contributed by atoms with Crippen molar-refractivity contribution < 1.29 is 14.2 Å². The highest BCUT2D eigenvalue weighted by Gasteiger charge is 2.28. The van der Waals surface area contributed by atoms with Gasteiger partial charge < -0.3 is 9.84 Å². The first-order chi connectivity index (χ1) is 7.18. The molecule has 1 aromatic rings. The van der Waals surface area contributed by atoms with Gasteiger partial charge in [0, 0.05) is 0 Å². The van der Waals surface area contributed by atoms with E-state index in [0.717, 1.165) is 12.8 Å². The summed E-state index contributed by atoms with van der Waals surface area (Å²) in [6.45, 7) is 0. The standard InChI is InChI=1S/C11H12ClFO2/c12-7-3-1-4-8(13)11(7)15-10-6-2-5-9(10)14/h1,3-4,9-10,14H,2,5-6H2/t9-,10-/m0/s1. The lowest BCUT2D eigenvalue weighted by Crippen LogP contribution is -2.26. The number of para-hydroxylation sites is 1. The van der Waals surface area contributed by atoms with Gasteiger partial charge in [-0.1, -0.05) is 17.7 Å². The summed E-state index contributed by atoms with van der Waals surface area (Å²) in [5.74, 6) is -0.438. The average Bonchev–Trinajstić information content (AvgIpc) is 2.58. The van der Waals surface area contributed by atoms with Gasteiger partial charge in [0.15, 0.2) is 11.6 Å². The molecule has 1 N–H and O–H groups in total. The molecule has 2 atom stereocenters. The van der Waals surface area contributed by atoms with Crippen LogP contribution in [0, 0.1) is 5.82 Å². The molecule has 0 aliphatic heterocycles. The fourth-order valence-electron chi connectivity index (χ4n) is 1.79. The summed E-state index contributed by atoms with van der Waals surface area (Å²) in [4.78, 5) is 0. The molecule has 2 nitrogen and oxygen atoms in total. The predicted molar refractivity (Wildman–Crippen MR) is 55.7 cm³/mol. The number of aliphatic hydroxyl groups is 1. The van der Waals surface area contributed by atoms with Crippen LogP contribution >= 0.6 is 11.6 Å². The first kappa shape index (κ1) is 10.7. The Morgan fingerprint density at radius 1 is 1.40 bits per heavy atom. The van der Waals surface area contributed by atoms with Crippen molar-refractivity contribution in [3.05, 3.63) is 29.0 Å². The third kappa shape index (κ3) is 2.24. The Labute approximate surface area is 92.6 Å². The molecule has 1 aromatic carbocycles. The molecule has 1 fully saturated rings. The molecule has 0 saturated heterocycles. The molecule has 15 heavy (non-hydrogen) atoms. The van der Waals surface area contributed by atoms with Gasteiger partial charge in [0.2, 0.25) is 0 Å². The van der Waals surface area contributed by atoms with Crippen molar-refractivity contribution in [2.24, 2.45) is 0 Å². The van der Waals surface area contributed by atoms with Gasteiger partial charge in [0.25, 0.3) is 0 Å². The zero-order chi connectivity index (χ0) is 10.8. The summed E-state index contributed by atoms with van der Waals surface area (Å²) < 4.78 is 18.7. The van der Waals surface area contributed by atoms with Crippen LogP contribution in [0.1, 0.15) is 19.3 Å². The number of hydrogen-bond donors (Lipinski definition) is 1. The van der Waals surface area contributed by atoms with Gasteiger partial charge >= 0.3 is 0 Å². The third-order valence-electron chi connectivity index (χ3n) is 2.61. The second kappa shape index (κ2) is 4.37. The van der Waals surface area contributed by atoms with Crippen molar-refractivity contribution in [1.29, 1.82) is 0 Å². The average molecular weight is 231 g/mol. The Balaban J connectivity index is 2.16. The monoisotopic (exact) mass is 230 g/mol. The van der Waals surface area contributed by atoms with Crippen molar-refractivity contribution in [3.8, 4) is 5.75 Å². The Hall–Kier alpha value is -0.800. The van der Waals surface area contributed by atoms with Gasteiger partial charge in [-0.3, -0.25) is 0 Å². The topological polar surface area (TPSA) is 29.5 Å². The summed E-state index contributed by atoms with van der Waals surface area (Å²) in [5, 5.41) is 9.79. The maximum Gasteiger partial charge on any atom is 0.174 e. The summed E-state index contributed by atoms with van der Waals surface area (Å²) >= 11 is 5.81. The van der Waals surface area contributed by atoms with E-state index in [1.54, 1.807) is 6.07 Å². The molecular formula is C11H12ClFO2. The zero-order valence-electron chi connectivity index (χ0n) is 8.12. The summed E-state index contributed by atoms with van der Waals surface area (Å²) in [7, 11) is 0. The minimum atomic E-state index is -0.513. The molecule has 0 aromatic heterocycles. The normalized spacial score (nSPS) is 25.5. The quantitative estimate of drug-likeness (QED) is 0.847. The SMILES string of the molecule is O[C@H]1CCC[C@@H]1Oc1c(F)cccc1Cl. The first-order valence-corrected chi connectivity index (χ1v) is 5.35. The maximum atomic E-state index is 13.3. The second-order valence-corrected chi connectivity index (χ2v) is 4.11. The highest BCUT2D eigenvalue weighted by molar-refractivity contribution is 6.32. The molecule has 0 spiro atoms. The lowest BCUT2D eigenvalue weighted by Gasteiger charge is -2.18. The summed E-state index contributed by atoms with van der Waals surface area (Å²) in [6, 6.07) is 4.39. The fourth-order valence-corrected chi connectivity index (χ4v) is 2.00. The van der Waals surface area contributed by atoms with Gasteiger partial charge in [-0.25, -0.2) is 4.39 Å². The van der Waals surface area contributed by atoms with Crippen LogP contribution in [-0.4, -0.2) is 17.3 Å². The van der Waals surface area contributed by atoms with E-state index in [1.807, 2.05) is 0 Å². The Kier molecular flexibility index (Phi) is 3.12. The van der Waals surface area contributed by atoms with Crippen LogP contribution in [0.5, 0.6) is 5.75 Å². The molecule has 2 rings (SSSR count). The highest BCUT2D eigenvalue weighted by Crippen LogP contribution is 2.31. The van der Waals surface area contributed by atoms with E-state index in [4.69, 9.17) is 16.3 Å². The van der Waals surface area contributed by atoms with Crippen LogP contribution in [0.3, 0.4) is 0 Å². The molecule has 4 heteroatoms. The van der Waals surface area contributed by atoms with Crippen LogP contribution in [-0.2, 0) is 0 Å². The van der Waals surface area contributed by atoms with E-state index in [0.29, 0.717) is 6.42 Å². The molecule has 0 heterocycles. The minimum Gasteiger partial charge on any atom is -0.483 e. The Morgan fingerprint density at radius 3 is 2.80 bits per heavy atom. The van der Waals surface area contributed by atoms with Crippen molar-refractivity contribution in [3.63, 3.8) is 0 Å². The highest BCUT2D eigenvalue weighted by atomic mass is 35.5. The van der Waals surface area contributed by atoms with E-state index in [9.17, 15) is 9.50 Å². The molecule has 0 unspecified atom stereocenters. The molecule has 1 aliphatic carbocycles. The van der Waals surface area contributed by atoms with Crippen LogP contribution in [0.2, 0.25) is 5.02 Å². The Morgan fingerprint density at radius 2 is 2.20 bits per heavy atom. The zero-order valence-corrected chi connectivity index (χ0v) is 8.88. The molecule has 0 radical (unpaired) electrons. The molecule has 0 bridgehead atoms. The smallest absolute Gasteiger partial charge is 0.174 e. The number of hydrogen-bond acceptors (Lipinski definition) is 2. The van der Waals surface area contributed by atoms with Crippen molar-refractivity contribution in [1.82, 2.24) is 0 Å². The molecule has 1 saturated carbocycles. The maximum absolute atomic E-state index is 13.3. The number of aliphatic hydroxyl groups excluding tert-OH is 1. The van der Waals surface area contributed by atoms with Crippen LogP contribution < -0.4 is 4.74 Å². The number of ether oxygens (including phenoxy) is 1. The number of benzene rings is 1. The van der Waals surface area contributed by atoms with Crippen molar-refractivity contribution in [2.45, 2.75) is 31.5 Å². The molecular weight excluding hydrogens is 219 g/mol. The second-order valence-electron chi connectivity index (χ2n) is 3.71. The van der Waals surface area contributed by atoms with Crippen LogP contribution in [0.25, 0.3) is 0 Å². The van der Waals surface area contributed by atoms with Gasteiger partial charge in [-0.15, -0.1) is 0 Å². The summed E-state index contributed by atoms with van der Waals surface area (Å²) in [5.41, 5.74) is 0. The van der Waals surface area contributed by atoms with Gasteiger partial charge in [0.05, 0.1) is 11.1 Å². The van der Waals surface area contributed by atoms with Gasteiger partial charge in [-0.2, -0.15) is 0 Å². The fraction of sp³-hybridized carbons (Fsp3) is 0.455. The molecule has 82 valence electrons. The first-order valence-electron chi connectivity index (χ1n) is 4.97. The van der Waals surface area contributed by atoms with Gasteiger partial charge in [-0.05, 0) is 31.4 Å². The Bertz CT molecular complexity index is 336. The lowest BCUT2D eigenvalue weighted by atomic mass is 10.2. The van der Waals surface area contributed by atoms with E-state index >= 15 is 0 Å². The van der Waals surface area contributed by atoms with Crippen molar-refractivity contribution >= 4 is 11.6 Å². The lowest BCUT2D eigenvalue weighted by molar-refractivity contribution is 0.0579. The summed E-state index contributed by atoms with van der Waals surface area (Å²) in [6.07, 6.45) is 1.50. The van der Waals surface area contributed by atoms with E-state index in [1.165, 1.54) is 12.1 Å². The van der Waals surface area contributed by atoms with E-state index < -0.39 is 11.9 Å². The number of halogens is 2. The van der Waals surface area contributed by atoms with Crippen LogP contribution in [0.4, 0.5) is 4.39 Å². The largest absolute Gasteiger partial charge is 0.483 e. The van der Waals surface area contributed by atoms with Gasteiger partial charge in [0.1, 0.15) is 6.10 Å². The van der Waals surface area contributed by atoms with Crippen LogP contribution in [0.15, 0.2) is 18.2 Å². The van der Waals surface area contributed by atoms with Crippen molar-refractivity contribution in [2.75, 3.05) is 0 Å². The third-order valence-corrected chi connectivity index (χ3v) is 2.90. The molecule has 0 amide bonds. The molecule has 1 aliphatic rings. The number of rotatable bonds is 2. The van der Waals surface area contributed by atoms with E-state index in [-0.39, 0.29) is 16.9 Å².